The van der Waals surface area contributed by atoms with E-state index in [2.05, 4.69) is 72.7 Å². The van der Waals surface area contributed by atoms with E-state index < -0.39 is 5.97 Å². The third-order valence-electron chi connectivity index (χ3n) is 7.52. The van der Waals surface area contributed by atoms with Crippen molar-refractivity contribution < 1.29 is 23.9 Å². The summed E-state index contributed by atoms with van der Waals surface area (Å²) >= 11 is 0. The molecule has 0 aromatic heterocycles. The van der Waals surface area contributed by atoms with E-state index in [1.165, 1.54) is 12.8 Å². The Morgan fingerprint density at radius 3 is 2.26 bits per heavy atom. The van der Waals surface area contributed by atoms with Crippen LogP contribution in [-0.2, 0) is 15.0 Å². The molecular formula is C31H31N2O5+. The van der Waals surface area contributed by atoms with Crippen LogP contribution in [0.2, 0.25) is 0 Å². The Kier molecular flexibility index (Phi) is 6.64. The van der Waals surface area contributed by atoms with Crippen molar-refractivity contribution >= 4 is 28.8 Å². The number of fused-ring (bicyclic) bond motifs is 2. The predicted octanol–water partition coefficient (Wildman–Crippen LogP) is 5.00. The van der Waals surface area contributed by atoms with E-state index in [4.69, 9.17) is 14.0 Å². The van der Waals surface area contributed by atoms with Gasteiger partial charge in [-0.1, -0.05) is 26.8 Å². The molecule has 4 aliphatic rings. The minimum Gasteiger partial charge on any atom is -0.478 e. The van der Waals surface area contributed by atoms with Gasteiger partial charge in [0.1, 0.15) is 24.4 Å². The second-order valence-corrected chi connectivity index (χ2v) is 10.9. The Balaban J connectivity index is 0.000000937. The normalized spacial score (nSPS) is 14.8. The van der Waals surface area contributed by atoms with Crippen LogP contribution in [0.1, 0.15) is 49.5 Å². The number of benzene rings is 3. The first kappa shape index (κ1) is 25.4. The van der Waals surface area contributed by atoms with Gasteiger partial charge in [0.05, 0.1) is 18.1 Å². The second-order valence-electron chi connectivity index (χ2n) is 10.9. The lowest BCUT2D eigenvalue weighted by Crippen LogP contribution is -2.40. The van der Waals surface area contributed by atoms with Gasteiger partial charge in [0, 0.05) is 47.4 Å². The van der Waals surface area contributed by atoms with Gasteiger partial charge in [0.2, 0.25) is 5.36 Å². The molecule has 0 unspecified atom stereocenters. The van der Waals surface area contributed by atoms with Gasteiger partial charge in [-0.15, -0.1) is 0 Å². The maximum Gasteiger partial charge on any atom is 0.373 e. The number of carboxylic acid groups (broad SMARTS) is 1. The van der Waals surface area contributed by atoms with E-state index >= 15 is 0 Å². The van der Waals surface area contributed by atoms with Gasteiger partial charge in [-0.2, -0.15) is 9.59 Å². The molecule has 2 aromatic rings. The Bertz CT molecular complexity index is 1610. The largest absolute Gasteiger partial charge is 0.478 e. The molecule has 6 rings (SSSR count). The number of hydrogen-bond acceptors (Lipinski definition) is 5. The first-order valence-corrected chi connectivity index (χ1v) is 12.9. The highest BCUT2D eigenvalue weighted by atomic mass is 16.4. The molecular weight excluding hydrogens is 480 g/mol. The monoisotopic (exact) mass is 511 g/mol. The predicted molar refractivity (Wildman–Crippen MR) is 145 cm³/mol. The molecule has 2 aromatic carbocycles. The molecule has 0 amide bonds. The molecule has 1 N–H and O–H groups in total. The summed E-state index contributed by atoms with van der Waals surface area (Å²) in [6.07, 6.45) is 2.66. The topological polar surface area (TPSA) is 90.8 Å². The third kappa shape index (κ3) is 4.61. The highest BCUT2D eigenvalue weighted by Crippen LogP contribution is 2.43. The van der Waals surface area contributed by atoms with Crippen molar-refractivity contribution in [2.45, 2.75) is 39.0 Å². The van der Waals surface area contributed by atoms with Crippen molar-refractivity contribution in [3.05, 3.63) is 71.1 Å². The summed E-state index contributed by atoms with van der Waals surface area (Å²) in [7, 11) is 0. The number of anilines is 1. The zero-order valence-corrected chi connectivity index (χ0v) is 21.9. The first-order chi connectivity index (χ1) is 18.2. The van der Waals surface area contributed by atoms with E-state index in [1.807, 2.05) is 6.07 Å². The molecule has 0 atom stereocenters. The minimum absolute atomic E-state index is 0.105. The molecule has 3 aliphatic heterocycles. The molecule has 0 radical (unpaired) electrons. The summed E-state index contributed by atoms with van der Waals surface area (Å²) in [5.41, 5.74) is 5.85. The fraction of sp³-hybridized carbons (Fsp3) is 0.323. The van der Waals surface area contributed by atoms with E-state index in [0.29, 0.717) is 5.56 Å². The smallest absolute Gasteiger partial charge is 0.373 e. The SMILES string of the molecule is CC(C)(C)c1ccc(C(=O)O)c(-c2c3ccc(=[N+]4CCC4)cc-3oc3cc(N4CCC4)ccc23)c1.O=C=O. The minimum atomic E-state index is -0.919. The molecule has 7 nitrogen and oxygen atoms in total. The van der Waals surface area contributed by atoms with Crippen LogP contribution in [0.25, 0.3) is 33.4 Å². The highest BCUT2D eigenvalue weighted by Gasteiger charge is 2.26. The van der Waals surface area contributed by atoms with Crippen molar-refractivity contribution in [1.82, 2.24) is 4.58 Å². The quantitative estimate of drug-likeness (QED) is 0.307. The van der Waals surface area contributed by atoms with Gasteiger partial charge < -0.3 is 14.4 Å². The van der Waals surface area contributed by atoms with Gasteiger partial charge in [0.25, 0.3) is 0 Å². The van der Waals surface area contributed by atoms with Gasteiger partial charge in [-0.25, -0.2) is 9.37 Å². The maximum absolute atomic E-state index is 12.4. The Hall–Kier alpha value is -4.22. The van der Waals surface area contributed by atoms with Crippen LogP contribution in [0.5, 0.6) is 0 Å². The van der Waals surface area contributed by atoms with Crippen molar-refractivity contribution in [1.29, 1.82) is 0 Å². The molecule has 2 saturated heterocycles. The van der Waals surface area contributed by atoms with Crippen LogP contribution in [0.15, 0.2) is 59.0 Å². The molecule has 7 heteroatoms. The average Bonchev–Trinajstić information content (AvgIpc) is 2.80. The summed E-state index contributed by atoms with van der Waals surface area (Å²) in [6.45, 7) is 10.7. The van der Waals surface area contributed by atoms with Crippen LogP contribution in [-0.4, -0.2) is 43.4 Å². The number of hydrogen-bond donors (Lipinski definition) is 1. The van der Waals surface area contributed by atoms with Crippen molar-refractivity contribution in [2.75, 3.05) is 31.1 Å². The van der Waals surface area contributed by atoms with E-state index in [-0.39, 0.29) is 11.6 Å². The van der Waals surface area contributed by atoms with Crippen LogP contribution >= 0.6 is 0 Å². The number of nitrogens with zero attached hydrogens (tertiary/aromatic N) is 2. The number of carbonyl (C=O) groups excluding carboxylic acids is 2. The number of carbonyl (C=O) groups is 1. The fourth-order valence-electron chi connectivity index (χ4n) is 5.10. The summed E-state index contributed by atoms with van der Waals surface area (Å²) in [4.78, 5) is 31.0. The molecule has 194 valence electrons. The standard InChI is InChI=1S/C30H30N2O3.CO2/c1-30(2,3)19-6-9-22(29(33)34)25(16-19)28-23-10-7-20(31-12-4-13-31)17-26(23)35-27-18-21(8-11-24(27)28)32-14-5-15-32;2-1-3/h6-11,16-18H,4-5,12-15H2,1-3H3;/p+1. The van der Waals surface area contributed by atoms with Gasteiger partial charge in [0.15, 0.2) is 0 Å². The van der Waals surface area contributed by atoms with E-state index in [9.17, 15) is 9.90 Å². The molecule has 38 heavy (non-hydrogen) atoms. The highest BCUT2D eigenvalue weighted by molar-refractivity contribution is 6.08. The molecule has 0 bridgehead atoms. The first-order valence-electron chi connectivity index (χ1n) is 12.9. The molecule has 1 aliphatic carbocycles. The van der Waals surface area contributed by atoms with Crippen LogP contribution in [0, 0.1) is 0 Å². The number of carboxylic acids is 1. The molecule has 0 saturated carbocycles. The summed E-state index contributed by atoms with van der Waals surface area (Å²) in [5.74, 6) is -0.132. The molecule has 3 heterocycles. The Morgan fingerprint density at radius 2 is 1.68 bits per heavy atom. The zero-order chi connectivity index (χ0) is 27.0. The third-order valence-corrected chi connectivity index (χ3v) is 7.52. The zero-order valence-electron chi connectivity index (χ0n) is 21.9. The van der Waals surface area contributed by atoms with E-state index in [1.54, 1.807) is 6.07 Å². The lowest BCUT2D eigenvalue weighted by Gasteiger charge is -2.33. The lowest BCUT2D eigenvalue weighted by atomic mass is 9.82. The average molecular weight is 512 g/mol. The second kappa shape index (κ2) is 9.92. The number of aromatic carboxylic acids is 1. The van der Waals surface area contributed by atoms with Crippen LogP contribution in [0.4, 0.5) is 5.69 Å². The fourth-order valence-corrected chi connectivity index (χ4v) is 5.10. The van der Waals surface area contributed by atoms with Crippen molar-refractivity contribution in [2.24, 2.45) is 0 Å². The van der Waals surface area contributed by atoms with E-state index in [0.717, 1.165) is 76.2 Å². The maximum atomic E-state index is 12.4. The lowest BCUT2D eigenvalue weighted by molar-refractivity contribution is -0.191. The van der Waals surface area contributed by atoms with Crippen LogP contribution < -0.4 is 14.8 Å². The van der Waals surface area contributed by atoms with Gasteiger partial charge in [-0.05, 0) is 53.3 Å². The summed E-state index contributed by atoms with van der Waals surface area (Å²) < 4.78 is 8.87. The van der Waals surface area contributed by atoms with Crippen molar-refractivity contribution in [3.63, 3.8) is 0 Å². The van der Waals surface area contributed by atoms with Gasteiger partial charge >= 0.3 is 12.1 Å². The number of rotatable bonds is 3. The molecule has 2 fully saturated rings. The summed E-state index contributed by atoms with van der Waals surface area (Å²) in [5, 5.41) is 12.2. The van der Waals surface area contributed by atoms with Crippen molar-refractivity contribution in [3.8, 4) is 22.5 Å². The van der Waals surface area contributed by atoms with Crippen LogP contribution in [0.3, 0.4) is 0 Å². The Labute approximate surface area is 221 Å². The Morgan fingerprint density at radius 1 is 0.947 bits per heavy atom. The van der Waals surface area contributed by atoms with Gasteiger partial charge in [-0.3, -0.25) is 0 Å². The summed E-state index contributed by atoms with van der Waals surface area (Å²) in [6, 6.07) is 18.4. The molecule has 0 spiro atoms.